The highest BCUT2D eigenvalue weighted by Crippen LogP contribution is 2.14. The minimum Gasteiger partial charge on any atom is -0.468 e. The van der Waals surface area contributed by atoms with E-state index in [1.54, 1.807) is 7.11 Å². The van der Waals surface area contributed by atoms with Crippen LogP contribution in [0.2, 0.25) is 0 Å². The van der Waals surface area contributed by atoms with Gasteiger partial charge in [0.2, 0.25) is 0 Å². The highest BCUT2D eigenvalue weighted by Gasteiger charge is 2.22. The maximum absolute atomic E-state index is 11.7. The lowest BCUT2D eigenvalue weighted by molar-refractivity contribution is -0.143. The smallest absolute Gasteiger partial charge is 0.327 e. The molecule has 0 aliphatic carbocycles. The number of carbonyl (C=O) groups is 1. The first-order chi connectivity index (χ1) is 8.19. The van der Waals surface area contributed by atoms with Crippen LogP contribution in [0.15, 0.2) is 30.3 Å². The van der Waals surface area contributed by atoms with Crippen LogP contribution in [0.25, 0.3) is 0 Å². The Morgan fingerprint density at radius 1 is 1.29 bits per heavy atom. The molecule has 17 heavy (non-hydrogen) atoms. The summed E-state index contributed by atoms with van der Waals surface area (Å²) in [5, 5.41) is 3.19. The van der Waals surface area contributed by atoms with Crippen LogP contribution in [0.5, 0.6) is 0 Å². The van der Waals surface area contributed by atoms with Gasteiger partial charge in [0.25, 0.3) is 0 Å². The monoisotopic (exact) mass is 237 g/mol. The summed E-state index contributed by atoms with van der Waals surface area (Å²) < 4.78 is 9.84. The Balaban J connectivity index is 2.78. The van der Waals surface area contributed by atoms with Gasteiger partial charge in [-0.3, -0.25) is 5.32 Å². The first-order valence-electron chi connectivity index (χ1n) is 5.56. The van der Waals surface area contributed by atoms with E-state index >= 15 is 0 Å². The van der Waals surface area contributed by atoms with E-state index in [-0.39, 0.29) is 12.0 Å². The van der Waals surface area contributed by atoms with Gasteiger partial charge < -0.3 is 9.47 Å². The van der Waals surface area contributed by atoms with Crippen LogP contribution in [-0.4, -0.2) is 32.8 Å². The molecular formula is C13H19NO3. The average molecular weight is 237 g/mol. The quantitative estimate of drug-likeness (QED) is 0.762. The first kappa shape index (κ1) is 13.7. The number of hydrogen-bond donors (Lipinski definition) is 1. The predicted octanol–water partition coefficient (Wildman–Crippen LogP) is 1.53. The van der Waals surface area contributed by atoms with Gasteiger partial charge in [-0.1, -0.05) is 30.3 Å². The summed E-state index contributed by atoms with van der Waals surface area (Å²) in [7, 11) is 3.02. The van der Waals surface area contributed by atoms with Gasteiger partial charge in [0.15, 0.2) is 0 Å². The molecule has 0 saturated carbocycles. The Morgan fingerprint density at radius 2 is 1.94 bits per heavy atom. The van der Waals surface area contributed by atoms with Gasteiger partial charge in [-0.15, -0.1) is 0 Å². The molecule has 1 N–H and O–H groups in total. The van der Waals surface area contributed by atoms with E-state index in [1.807, 2.05) is 37.3 Å². The third kappa shape index (κ3) is 4.17. The van der Waals surface area contributed by atoms with Crippen molar-refractivity contribution < 1.29 is 14.3 Å². The van der Waals surface area contributed by atoms with Gasteiger partial charge in [-0.2, -0.15) is 0 Å². The summed E-state index contributed by atoms with van der Waals surface area (Å²) in [6, 6.07) is 9.12. The lowest BCUT2D eigenvalue weighted by Gasteiger charge is -2.21. The van der Waals surface area contributed by atoms with Crippen molar-refractivity contribution in [1.29, 1.82) is 0 Å². The fraction of sp³-hybridized carbons (Fsp3) is 0.462. The maximum Gasteiger partial charge on any atom is 0.327 e. The molecule has 0 aromatic heterocycles. The molecule has 0 amide bonds. The van der Waals surface area contributed by atoms with Gasteiger partial charge in [0.1, 0.15) is 6.04 Å². The van der Waals surface area contributed by atoms with E-state index in [0.717, 1.165) is 5.56 Å². The Labute approximate surface area is 102 Å². The highest BCUT2D eigenvalue weighted by molar-refractivity contribution is 5.77. The van der Waals surface area contributed by atoms with E-state index in [9.17, 15) is 4.79 Å². The average Bonchev–Trinajstić information content (AvgIpc) is 2.36. The molecule has 0 radical (unpaired) electrons. The zero-order valence-electron chi connectivity index (χ0n) is 10.5. The molecule has 0 saturated heterocycles. The number of carbonyl (C=O) groups excluding carboxylic acids is 1. The van der Waals surface area contributed by atoms with Crippen LogP contribution in [0, 0.1) is 0 Å². The Kier molecular flexibility index (Phi) is 5.66. The zero-order chi connectivity index (χ0) is 12.7. The summed E-state index contributed by atoms with van der Waals surface area (Å²) in [5.41, 5.74) is 0.891. The lowest BCUT2D eigenvalue weighted by Crippen LogP contribution is -2.38. The van der Waals surface area contributed by atoms with Crippen LogP contribution in [0.3, 0.4) is 0 Å². The van der Waals surface area contributed by atoms with Crippen molar-refractivity contribution in [2.75, 3.05) is 20.8 Å². The molecule has 4 nitrogen and oxygen atoms in total. The van der Waals surface area contributed by atoms with E-state index in [4.69, 9.17) is 9.47 Å². The molecule has 94 valence electrons. The molecule has 1 aromatic carbocycles. The predicted molar refractivity (Wildman–Crippen MR) is 65.7 cm³/mol. The van der Waals surface area contributed by atoms with E-state index in [1.165, 1.54) is 7.11 Å². The van der Waals surface area contributed by atoms with Crippen molar-refractivity contribution in [1.82, 2.24) is 5.32 Å². The number of ether oxygens (including phenoxy) is 2. The van der Waals surface area contributed by atoms with Crippen LogP contribution in [-0.2, 0) is 14.3 Å². The fourth-order valence-electron chi connectivity index (χ4n) is 1.65. The molecule has 0 unspecified atom stereocenters. The van der Waals surface area contributed by atoms with Crippen molar-refractivity contribution in [3.8, 4) is 0 Å². The molecule has 0 fully saturated rings. The normalized spacial score (nSPS) is 14.1. The lowest BCUT2D eigenvalue weighted by atomic mass is 10.1. The standard InChI is InChI=1S/C13H19NO3/c1-10(9-16-2)14-12(13(15)17-3)11-7-5-4-6-8-11/h4-8,10,12,14H,9H2,1-3H3/t10-,12-/m0/s1. The number of methoxy groups -OCH3 is 2. The molecule has 0 bridgehead atoms. The van der Waals surface area contributed by atoms with Gasteiger partial charge >= 0.3 is 5.97 Å². The van der Waals surface area contributed by atoms with Crippen molar-refractivity contribution in [2.24, 2.45) is 0 Å². The molecule has 1 aromatic rings. The Morgan fingerprint density at radius 3 is 2.47 bits per heavy atom. The second-order valence-electron chi connectivity index (χ2n) is 3.89. The highest BCUT2D eigenvalue weighted by atomic mass is 16.5. The minimum atomic E-state index is -0.452. The van der Waals surface area contributed by atoms with Crippen molar-refractivity contribution in [2.45, 2.75) is 19.0 Å². The van der Waals surface area contributed by atoms with Crippen LogP contribution in [0.1, 0.15) is 18.5 Å². The largest absolute Gasteiger partial charge is 0.468 e. The number of benzene rings is 1. The second kappa shape index (κ2) is 7.04. The Bertz CT molecular complexity index is 340. The number of hydrogen-bond acceptors (Lipinski definition) is 4. The molecule has 0 aliphatic heterocycles. The number of nitrogens with one attached hydrogen (secondary N) is 1. The zero-order valence-corrected chi connectivity index (χ0v) is 10.5. The third-order valence-corrected chi connectivity index (χ3v) is 2.44. The molecule has 0 spiro atoms. The second-order valence-corrected chi connectivity index (χ2v) is 3.89. The maximum atomic E-state index is 11.7. The van der Waals surface area contributed by atoms with Crippen molar-refractivity contribution >= 4 is 5.97 Å². The molecular weight excluding hydrogens is 218 g/mol. The van der Waals surface area contributed by atoms with Crippen LogP contribution >= 0.6 is 0 Å². The molecule has 1 rings (SSSR count). The molecule has 0 aliphatic rings. The molecule has 0 heterocycles. The third-order valence-electron chi connectivity index (χ3n) is 2.44. The van der Waals surface area contributed by atoms with Gasteiger partial charge in [-0.05, 0) is 12.5 Å². The summed E-state index contributed by atoms with van der Waals surface area (Å²) >= 11 is 0. The fourth-order valence-corrected chi connectivity index (χ4v) is 1.65. The minimum absolute atomic E-state index is 0.0734. The summed E-state index contributed by atoms with van der Waals surface area (Å²) in [5.74, 6) is -0.292. The van der Waals surface area contributed by atoms with Gasteiger partial charge in [-0.25, -0.2) is 4.79 Å². The van der Waals surface area contributed by atoms with Gasteiger partial charge in [0, 0.05) is 13.2 Å². The SMILES string of the molecule is COC[C@H](C)N[C@H](C(=O)OC)c1ccccc1. The van der Waals surface area contributed by atoms with Crippen molar-refractivity contribution in [3.05, 3.63) is 35.9 Å². The first-order valence-corrected chi connectivity index (χ1v) is 5.56. The number of rotatable bonds is 6. The van der Waals surface area contributed by atoms with Crippen molar-refractivity contribution in [3.63, 3.8) is 0 Å². The molecule has 2 atom stereocenters. The van der Waals surface area contributed by atoms with E-state index < -0.39 is 6.04 Å². The summed E-state index contributed by atoms with van der Waals surface area (Å²) in [4.78, 5) is 11.7. The van der Waals surface area contributed by atoms with Crippen LogP contribution < -0.4 is 5.32 Å². The summed E-state index contributed by atoms with van der Waals surface area (Å²) in [6.07, 6.45) is 0. The van der Waals surface area contributed by atoms with E-state index in [0.29, 0.717) is 6.61 Å². The van der Waals surface area contributed by atoms with Gasteiger partial charge in [0.05, 0.1) is 13.7 Å². The molecule has 4 heteroatoms. The Hall–Kier alpha value is -1.39. The van der Waals surface area contributed by atoms with E-state index in [2.05, 4.69) is 5.32 Å². The van der Waals surface area contributed by atoms with Crippen LogP contribution in [0.4, 0.5) is 0 Å². The number of esters is 1. The summed E-state index contributed by atoms with van der Waals surface area (Å²) in [6.45, 7) is 2.50. The topological polar surface area (TPSA) is 47.6 Å².